The van der Waals surface area contributed by atoms with Gasteiger partial charge in [-0.3, -0.25) is 0 Å². The highest BCUT2D eigenvalue weighted by Crippen LogP contribution is 2.36. The van der Waals surface area contributed by atoms with Crippen molar-refractivity contribution in [3.8, 4) is 23.0 Å². The van der Waals surface area contributed by atoms with E-state index in [1.165, 1.54) is 0 Å². The van der Waals surface area contributed by atoms with Crippen molar-refractivity contribution in [3.05, 3.63) is 65.0 Å². The first-order chi connectivity index (χ1) is 16.4. The van der Waals surface area contributed by atoms with Crippen molar-refractivity contribution in [2.24, 2.45) is 0 Å². The van der Waals surface area contributed by atoms with Crippen molar-refractivity contribution in [1.29, 1.82) is 0 Å². The molecule has 0 aliphatic carbocycles. The van der Waals surface area contributed by atoms with Crippen LogP contribution in [0.15, 0.2) is 46.9 Å². The standard InChI is InChI=1S/C28H36N2O5/c1-18-14-20(15-23(32-8)24(18)34-28(6,7)26(31)35-27(3,4)5)16-29-17-22-19(2)33-25(30-22)21-12-10-9-11-13-21/h9-15,29H,16-17H2,1-8H3. The van der Waals surface area contributed by atoms with Crippen LogP contribution in [0.1, 0.15) is 57.2 Å². The molecule has 0 aliphatic rings. The van der Waals surface area contributed by atoms with E-state index in [-0.39, 0.29) is 0 Å². The normalized spacial score (nSPS) is 11.9. The molecule has 0 saturated carbocycles. The average molecular weight is 481 g/mol. The summed E-state index contributed by atoms with van der Waals surface area (Å²) in [6.07, 6.45) is 0. The zero-order valence-electron chi connectivity index (χ0n) is 21.9. The van der Waals surface area contributed by atoms with Crippen molar-refractivity contribution in [2.75, 3.05) is 7.11 Å². The second-order valence-corrected chi connectivity index (χ2v) is 10.0. The molecule has 2 aromatic carbocycles. The third-order valence-corrected chi connectivity index (χ3v) is 5.30. The Balaban J connectivity index is 1.69. The Morgan fingerprint density at radius 3 is 2.34 bits per heavy atom. The van der Waals surface area contributed by atoms with E-state index in [1.807, 2.05) is 77.1 Å². The maximum absolute atomic E-state index is 12.6. The number of esters is 1. The molecular weight excluding hydrogens is 444 g/mol. The lowest BCUT2D eigenvalue weighted by atomic mass is 10.1. The highest BCUT2D eigenvalue weighted by molar-refractivity contribution is 5.79. The van der Waals surface area contributed by atoms with Crippen molar-refractivity contribution < 1.29 is 23.4 Å². The lowest BCUT2D eigenvalue weighted by Crippen LogP contribution is -2.43. The van der Waals surface area contributed by atoms with E-state index in [4.69, 9.17) is 18.6 Å². The number of nitrogens with zero attached hydrogens (tertiary/aromatic N) is 1. The van der Waals surface area contributed by atoms with Crippen LogP contribution in [0.25, 0.3) is 11.5 Å². The number of nitrogens with one attached hydrogen (secondary N) is 1. The summed E-state index contributed by atoms with van der Waals surface area (Å²) >= 11 is 0. The molecule has 35 heavy (non-hydrogen) atoms. The summed E-state index contributed by atoms with van der Waals surface area (Å²) in [5.41, 5.74) is 1.93. The smallest absolute Gasteiger partial charge is 0.350 e. The largest absolute Gasteiger partial charge is 0.493 e. The molecule has 7 nitrogen and oxygen atoms in total. The maximum Gasteiger partial charge on any atom is 0.350 e. The van der Waals surface area contributed by atoms with Gasteiger partial charge in [0.05, 0.1) is 12.8 Å². The number of oxazole rings is 1. The lowest BCUT2D eigenvalue weighted by molar-refractivity contribution is -0.171. The van der Waals surface area contributed by atoms with Crippen LogP contribution >= 0.6 is 0 Å². The summed E-state index contributed by atoms with van der Waals surface area (Å²) in [5.74, 6) is 2.05. The van der Waals surface area contributed by atoms with Crippen LogP contribution in [0, 0.1) is 13.8 Å². The summed E-state index contributed by atoms with van der Waals surface area (Å²) in [6.45, 7) is 13.9. The molecule has 0 spiro atoms. The first-order valence-electron chi connectivity index (χ1n) is 11.7. The minimum absolute atomic E-state index is 0.435. The fourth-order valence-electron chi connectivity index (χ4n) is 3.52. The number of benzene rings is 2. The van der Waals surface area contributed by atoms with Crippen LogP contribution in [-0.2, 0) is 22.6 Å². The number of carbonyl (C=O) groups is 1. The van der Waals surface area contributed by atoms with Gasteiger partial charge in [0.2, 0.25) is 5.89 Å². The van der Waals surface area contributed by atoms with E-state index in [9.17, 15) is 4.79 Å². The monoisotopic (exact) mass is 480 g/mol. The molecule has 7 heteroatoms. The molecule has 0 atom stereocenters. The molecular formula is C28H36N2O5. The fraction of sp³-hybridized carbons (Fsp3) is 0.429. The van der Waals surface area contributed by atoms with E-state index in [0.717, 1.165) is 28.1 Å². The predicted molar refractivity (Wildman–Crippen MR) is 136 cm³/mol. The van der Waals surface area contributed by atoms with Crippen LogP contribution in [0.2, 0.25) is 0 Å². The highest BCUT2D eigenvalue weighted by atomic mass is 16.6. The predicted octanol–water partition coefficient (Wildman–Crippen LogP) is 5.76. The number of hydrogen-bond donors (Lipinski definition) is 1. The Morgan fingerprint density at radius 1 is 1.03 bits per heavy atom. The SMILES string of the molecule is COc1cc(CNCc2nc(-c3ccccc3)oc2C)cc(C)c1OC(C)(C)C(=O)OC(C)(C)C. The van der Waals surface area contributed by atoms with Gasteiger partial charge in [0.25, 0.3) is 0 Å². The van der Waals surface area contributed by atoms with Crippen LogP contribution in [0.4, 0.5) is 0 Å². The highest BCUT2D eigenvalue weighted by Gasteiger charge is 2.36. The number of rotatable bonds is 9. The van der Waals surface area contributed by atoms with Crippen molar-refractivity contribution in [2.45, 2.75) is 72.8 Å². The quantitative estimate of drug-likeness (QED) is 0.390. The maximum atomic E-state index is 12.6. The number of aryl methyl sites for hydroxylation is 2. The van der Waals surface area contributed by atoms with Crippen LogP contribution in [0.3, 0.4) is 0 Å². The van der Waals surface area contributed by atoms with Gasteiger partial charge in [-0.2, -0.15) is 0 Å². The summed E-state index contributed by atoms with van der Waals surface area (Å²) in [6, 6.07) is 13.8. The second-order valence-electron chi connectivity index (χ2n) is 10.0. The molecule has 0 fully saturated rings. The number of aromatic nitrogens is 1. The number of carbonyl (C=O) groups excluding carboxylic acids is 1. The Kier molecular flexibility index (Phi) is 7.90. The van der Waals surface area contributed by atoms with E-state index >= 15 is 0 Å². The topological polar surface area (TPSA) is 82.8 Å². The molecule has 0 bridgehead atoms. The van der Waals surface area contributed by atoms with Gasteiger partial charge >= 0.3 is 5.97 Å². The van der Waals surface area contributed by atoms with E-state index in [0.29, 0.717) is 30.5 Å². The summed E-state index contributed by atoms with van der Waals surface area (Å²) < 4.78 is 23.1. The Bertz CT molecular complexity index is 1160. The fourth-order valence-corrected chi connectivity index (χ4v) is 3.52. The number of hydrogen-bond acceptors (Lipinski definition) is 7. The molecule has 1 aromatic heterocycles. The summed E-state index contributed by atoms with van der Waals surface area (Å²) in [5, 5.41) is 3.42. The zero-order chi connectivity index (χ0) is 25.8. The van der Waals surface area contributed by atoms with Gasteiger partial charge in [0, 0.05) is 18.7 Å². The summed E-state index contributed by atoms with van der Waals surface area (Å²) in [7, 11) is 1.59. The third kappa shape index (κ3) is 6.85. The second kappa shape index (κ2) is 10.5. The minimum atomic E-state index is -1.17. The molecule has 3 aromatic rings. The zero-order valence-corrected chi connectivity index (χ0v) is 21.9. The molecule has 1 heterocycles. The molecule has 0 saturated heterocycles. The third-order valence-electron chi connectivity index (χ3n) is 5.30. The van der Waals surface area contributed by atoms with Crippen molar-refractivity contribution in [3.63, 3.8) is 0 Å². The number of ether oxygens (including phenoxy) is 3. The Morgan fingerprint density at radius 2 is 1.71 bits per heavy atom. The van der Waals surface area contributed by atoms with E-state index in [1.54, 1.807) is 21.0 Å². The Labute approximate surface area is 207 Å². The van der Waals surface area contributed by atoms with Gasteiger partial charge in [-0.05, 0) is 77.8 Å². The molecule has 3 rings (SSSR count). The molecule has 0 aliphatic heterocycles. The van der Waals surface area contributed by atoms with Crippen LogP contribution in [-0.4, -0.2) is 29.3 Å². The molecule has 188 valence electrons. The van der Waals surface area contributed by atoms with Gasteiger partial charge in [0.15, 0.2) is 17.1 Å². The number of methoxy groups -OCH3 is 1. The molecule has 0 unspecified atom stereocenters. The van der Waals surface area contributed by atoms with Crippen LogP contribution < -0.4 is 14.8 Å². The van der Waals surface area contributed by atoms with Gasteiger partial charge in [-0.1, -0.05) is 24.3 Å². The van der Waals surface area contributed by atoms with E-state index < -0.39 is 17.2 Å². The van der Waals surface area contributed by atoms with Crippen molar-refractivity contribution in [1.82, 2.24) is 10.3 Å². The van der Waals surface area contributed by atoms with E-state index in [2.05, 4.69) is 10.3 Å². The molecule has 0 radical (unpaired) electrons. The first-order valence-corrected chi connectivity index (χ1v) is 11.7. The van der Waals surface area contributed by atoms with Gasteiger partial charge in [-0.15, -0.1) is 0 Å². The minimum Gasteiger partial charge on any atom is -0.493 e. The van der Waals surface area contributed by atoms with Gasteiger partial charge in [-0.25, -0.2) is 9.78 Å². The molecule has 1 N–H and O–H groups in total. The average Bonchev–Trinajstić information content (AvgIpc) is 3.15. The molecule has 0 amide bonds. The van der Waals surface area contributed by atoms with Gasteiger partial charge in [0.1, 0.15) is 11.4 Å². The van der Waals surface area contributed by atoms with Crippen molar-refractivity contribution >= 4 is 5.97 Å². The first kappa shape index (κ1) is 26.3. The van der Waals surface area contributed by atoms with Gasteiger partial charge < -0.3 is 23.9 Å². The van der Waals surface area contributed by atoms with Crippen LogP contribution in [0.5, 0.6) is 11.5 Å². The summed E-state index contributed by atoms with van der Waals surface area (Å²) in [4.78, 5) is 17.3. The lowest BCUT2D eigenvalue weighted by Gasteiger charge is -2.30. The Hall–Kier alpha value is -3.32.